The summed E-state index contributed by atoms with van der Waals surface area (Å²) >= 11 is 7.74. The summed E-state index contributed by atoms with van der Waals surface area (Å²) in [6.07, 6.45) is 0. The van der Waals surface area contributed by atoms with Crippen LogP contribution in [0.15, 0.2) is 59.1 Å². The van der Waals surface area contributed by atoms with Crippen molar-refractivity contribution < 1.29 is 9.32 Å². The first-order valence-electron chi connectivity index (χ1n) is 9.74. The highest BCUT2D eigenvalue weighted by molar-refractivity contribution is 7.22. The van der Waals surface area contributed by atoms with Gasteiger partial charge in [-0.05, 0) is 18.2 Å². The Hall–Kier alpha value is -2.74. The van der Waals surface area contributed by atoms with Gasteiger partial charge in [0.1, 0.15) is 5.69 Å². The summed E-state index contributed by atoms with van der Waals surface area (Å²) in [6.45, 7) is 3.57. The van der Waals surface area contributed by atoms with Crippen LogP contribution in [0.1, 0.15) is 10.6 Å². The van der Waals surface area contributed by atoms with Gasteiger partial charge in [0.05, 0.1) is 16.8 Å². The fourth-order valence-electron chi connectivity index (χ4n) is 3.55. The molecule has 8 heteroatoms. The summed E-state index contributed by atoms with van der Waals surface area (Å²) in [6, 6.07) is 17.2. The van der Waals surface area contributed by atoms with Crippen molar-refractivity contribution in [2.45, 2.75) is 0 Å². The Labute approximate surface area is 182 Å². The molecule has 6 nitrogen and oxygen atoms in total. The molecule has 5 rings (SSSR count). The van der Waals surface area contributed by atoms with Gasteiger partial charge in [-0.1, -0.05) is 58.4 Å². The fraction of sp³-hybridized carbons (Fsp3) is 0.227. The van der Waals surface area contributed by atoms with Crippen molar-refractivity contribution in [3.63, 3.8) is 0 Å². The fourth-order valence-corrected chi connectivity index (χ4v) is 4.72. The number of carbonyl (C=O) groups is 1. The van der Waals surface area contributed by atoms with Crippen LogP contribution in [-0.2, 0) is 0 Å². The molecule has 0 bridgehead atoms. The van der Waals surface area contributed by atoms with Crippen LogP contribution >= 0.6 is 22.9 Å². The minimum atomic E-state index is -0.0484. The third-order valence-electron chi connectivity index (χ3n) is 5.20. The topological polar surface area (TPSA) is 62.5 Å². The van der Waals surface area contributed by atoms with E-state index in [0.29, 0.717) is 23.0 Å². The van der Waals surface area contributed by atoms with Crippen LogP contribution in [-0.4, -0.2) is 53.5 Å². The van der Waals surface area contributed by atoms with Gasteiger partial charge in [-0.15, -0.1) is 0 Å². The third kappa shape index (κ3) is 3.96. The molecule has 152 valence electrons. The van der Waals surface area contributed by atoms with E-state index in [1.807, 2.05) is 48.5 Å². The average Bonchev–Trinajstić information content (AvgIpc) is 3.42. The predicted octanol–water partition coefficient (Wildman–Crippen LogP) is 4.61. The third-order valence-corrected chi connectivity index (χ3v) is 6.54. The van der Waals surface area contributed by atoms with E-state index in [2.05, 4.69) is 15.0 Å². The molecule has 1 saturated heterocycles. The van der Waals surface area contributed by atoms with Gasteiger partial charge in [-0.2, -0.15) is 0 Å². The SMILES string of the molecule is O=C(CN1CCN(c2nc3cc(Cl)ccc3s2)CC1)c1cc(-c2ccccc2)no1. The first kappa shape index (κ1) is 19.2. The highest BCUT2D eigenvalue weighted by Gasteiger charge is 2.23. The zero-order valence-corrected chi connectivity index (χ0v) is 17.7. The Morgan fingerprint density at radius 2 is 1.87 bits per heavy atom. The lowest BCUT2D eigenvalue weighted by Gasteiger charge is -2.33. The number of thiazole rings is 1. The normalized spacial score (nSPS) is 15.0. The molecular formula is C22H19ClN4O2S. The number of hydrogen-bond donors (Lipinski definition) is 0. The molecule has 0 aliphatic carbocycles. The van der Waals surface area contributed by atoms with Crippen molar-refractivity contribution in [2.24, 2.45) is 0 Å². The molecule has 0 atom stereocenters. The van der Waals surface area contributed by atoms with Crippen LogP contribution in [0.25, 0.3) is 21.5 Å². The average molecular weight is 439 g/mol. The second-order valence-corrected chi connectivity index (χ2v) is 8.68. The number of hydrogen-bond acceptors (Lipinski definition) is 7. The number of aromatic nitrogens is 2. The second-order valence-electron chi connectivity index (χ2n) is 7.24. The Bertz CT molecular complexity index is 1180. The van der Waals surface area contributed by atoms with Crippen molar-refractivity contribution in [3.8, 4) is 11.3 Å². The second kappa shape index (κ2) is 8.18. The van der Waals surface area contributed by atoms with Gasteiger partial charge in [0.15, 0.2) is 5.13 Å². The molecule has 0 spiro atoms. The number of benzene rings is 2. The summed E-state index contributed by atoms with van der Waals surface area (Å²) in [5, 5.41) is 5.74. The van der Waals surface area contributed by atoms with Gasteiger partial charge in [-0.25, -0.2) is 4.98 Å². The molecule has 3 heterocycles. The van der Waals surface area contributed by atoms with Crippen molar-refractivity contribution in [2.75, 3.05) is 37.6 Å². The van der Waals surface area contributed by atoms with E-state index in [0.717, 1.165) is 47.1 Å². The Morgan fingerprint density at radius 1 is 1.07 bits per heavy atom. The highest BCUT2D eigenvalue weighted by Crippen LogP contribution is 2.31. The van der Waals surface area contributed by atoms with Crippen LogP contribution < -0.4 is 4.90 Å². The number of Topliss-reactive ketones (excluding diaryl/α,β-unsaturated/α-hetero) is 1. The molecule has 1 aliphatic heterocycles. The van der Waals surface area contributed by atoms with E-state index >= 15 is 0 Å². The molecule has 1 aliphatic rings. The molecule has 0 unspecified atom stereocenters. The van der Waals surface area contributed by atoms with Crippen LogP contribution in [0.2, 0.25) is 5.02 Å². The molecule has 2 aromatic carbocycles. The maximum atomic E-state index is 12.6. The lowest BCUT2D eigenvalue weighted by molar-refractivity contribution is 0.0890. The molecule has 30 heavy (non-hydrogen) atoms. The van der Waals surface area contributed by atoms with Crippen LogP contribution in [0, 0.1) is 0 Å². The first-order valence-corrected chi connectivity index (χ1v) is 10.9. The van der Waals surface area contributed by atoms with Crippen molar-refractivity contribution in [3.05, 3.63) is 65.4 Å². The van der Waals surface area contributed by atoms with E-state index in [-0.39, 0.29) is 5.78 Å². The van der Waals surface area contributed by atoms with Crippen LogP contribution in [0.3, 0.4) is 0 Å². The lowest BCUT2D eigenvalue weighted by atomic mass is 10.1. The van der Waals surface area contributed by atoms with Crippen molar-refractivity contribution in [1.29, 1.82) is 0 Å². The molecule has 1 fully saturated rings. The molecule has 0 saturated carbocycles. The van der Waals surface area contributed by atoms with Gasteiger partial charge in [0, 0.05) is 42.8 Å². The van der Waals surface area contributed by atoms with E-state index in [4.69, 9.17) is 21.1 Å². The van der Waals surface area contributed by atoms with Gasteiger partial charge in [-0.3, -0.25) is 9.69 Å². The number of rotatable bonds is 5. The van der Waals surface area contributed by atoms with E-state index in [1.54, 1.807) is 17.4 Å². The molecule has 0 radical (unpaired) electrons. The van der Waals surface area contributed by atoms with Gasteiger partial charge in [0.25, 0.3) is 0 Å². The predicted molar refractivity (Wildman–Crippen MR) is 120 cm³/mol. The lowest BCUT2D eigenvalue weighted by Crippen LogP contribution is -2.47. The van der Waals surface area contributed by atoms with E-state index in [9.17, 15) is 4.79 Å². The summed E-state index contributed by atoms with van der Waals surface area (Å²) in [5.74, 6) is 0.257. The Morgan fingerprint density at radius 3 is 2.67 bits per heavy atom. The van der Waals surface area contributed by atoms with Crippen molar-refractivity contribution >= 4 is 44.1 Å². The number of piperazine rings is 1. The molecule has 2 aromatic heterocycles. The van der Waals surface area contributed by atoms with Crippen LogP contribution in [0.4, 0.5) is 5.13 Å². The summed E-state index contributed by atoms with van der Waals surface area (Å²) in [5.41, 5.74) is 2.55. The minimum absolute atomic E-state index is 0.0484. The summed E-state index contributed by atoms with van der Waals surface area (Å²) in [7, 11) is 0. The molecule has 4 aromatic rings. The van der Waals surface area contributed by atoms with Crippen molar-refractivity contribution in [1.82, 2.24) is 15.0 Å². The number of fused-ring (bicyclic) bond motifs is 1. The highest BCUT2D eigenvalue weighted by atomic mass is 35.5. The van der Waals surface area contributed by atoms with Gasteiger partial charge < -0.3 is 9.42 Å². The van der Waals surface area contributed by atoms with E-state index in [1.165, 1.54) is 0 Å². The zero-order chi connectivity index (χ0) is 20.5. The molecule has 0 amide bonds. The number of carbonyl (C=O) groups excluding carboxylic acids is 1. The van der Waals surface area contributed by atoms with Gasteiger partial charge >= 0.3 is 0 Å². The first-order chi connectivity index (χ1) is 14.7. The number of halogens is 1. The number of ketones is 1. The number of anilines is 1. The maximum Gasteiger partial charge on any atom is 0.214 e. The van der Waals surface area contributed by atoms with Gasteiger partial charge in [0.2, 0.25) is 11.5 Å². The van der Waals surface area contributed by atoms with Crippen LogP contribution in [0.5, 0.6) is 0 Å². The summed E-state index contributed by atoms with van der Waals surface area (Å²) in [4.78, 5) is 21.8. The monoisotopic (exact) mass is 438 g/mol. The smallest absolute Gasteiger partial charge is 0.214 e. The maximum absolute atomic E-state index is 12.6. The standard InChI is InChI=1S/C22H19ClN4O2S/c23-16-6-7-21-18(12-16)24-22(30-21)27-10-8-26(9-11-27)14-19(28)20-13-17(25-29-20)15-4-2-1-3-5-15/h1-7,12-13H,8-11,14H2. The summed E-state index contributed by atoms with van der Waals surface area (Å²) < 4.78 is 6.43. The Balaban J connectivity index is 1.20. The largest absolute Gasteiger partial charge is 0.352 e. The molecule has 0 N–H and O–H groups in total. The van der Waals surface area contributed by atoms with E-state index < -0.39 is 0 Å². The Kier molecular flexibility index (Phi) is 5.25. The molecular weight excluding hydrogens is 420 g/mol. The number of nitrogens with zero attached hydrogens (tertiary/aromatic N) is 4. The minimum Gasteiger partial charge on any atom is -0.352 e. The zero-order valence-electron chi connectivity index (χ0n) is 16.1. The quantitative estimate of drug-likeness (QED) is 0.424.